The van der Waals surface area contributed by atoms with Crippen LogP contribution in [0.3, 0.4) is 0 Å². The highest BCUT2D eigenvalue weighted by Crippen LogP contribution is 2.06. The molecule has 0 aliphatic rings. The maximum atomic E-state index is 11.7. The molecule has 1 heterocycles. The van der Waals surface area contributed by atoms with Gasteiger partial charge in [0.1, 0.15) is 6.54 Å². The summed E-state index contributed by atoms with van der Waals surface area (Å²) in [4.78, 5) is 11.7. The first-order valence-electron chi connectivity index (χ1n) is 8.98. The van der Waals surface area contributed by atoms with Crippen LogP contribution in [0, 0.1) is 0 Å². The van der Waals surface area contributed by atoms with E-state index in [0.717, 1.165) is 24.9 Å². The van der Waals surface area contributed by atoms with Gasteiger partial charge in [0.2, 0.25) is 0 Å². The van der Waals surface area contributed by atoms with Gasteiger partial charge in [-0.3, -0.25) is 4.79 Å². The first-order chi connectivity index (χ1) is 11.8. The molecule has 2 rings (SSSR count). The molecule has 4 heteroatoms. The van der Waals surface area contributed by atoms with Crippen LogP contribution in [0.25, 0.3) is 0 Å². The van der Waals surface area contributed by atoms with Gasteiger partial charge in [-0.1, -0.05) is 55.7 Å². The number of aromatic nitrogens is 1. The molecule has 1 aromatic carbocycles. The molecule has 0 unspecified atom stereocenters. The Kier molecular flexibility index (Phi) is 11.9. The molecule has 0 saturated heterocycles. The second-order valence-corrected chi connectivity index (χ2v) is 6.12. The van der Waals surface area contributed by atoms with E-state index in [0.29, 0.717) is 13.0 Å². The topological polar surface area (TPSA) is 30.2 Å². The van der Waals surface area contributed by atoms with Crippen molar-refractivity contribution in [2.45, 2.75) is 51.5 Å². The summed E-state index contributed by atoms with van der Waals surface area (Å²) in [6, 6.07) is 15.9. The SMILES string of the molecule is O=C(Cc1ccccc1)OCCCCCCCC[n+]1ccccc1.[I-]. The zero-order valence-electron chi connectivity index (χ0n) is 14.8. The number of hydrogen-bond acceptors (Lipinski definition) is 2. The minimum atomic E-state index is -0.124. The standard InChI is InChI=1S/C21H28NO2.HI/c23-21(19-20-13-7-5-8-14-20)24-18-12-4-2-1-3-9-15-22-16-10-6-11-17-22;/h5-8,10-11,13-14,16-17H,1-4,9,12,15,18-19H2;1H/q+1;/p-1. The van der Waals surface area contributed by atoms with Crippen LogP contribution < -0.4 is 28.5 Å². The first-order valence-corrected chi connectivity index (χ1v) is 8.98. The van der Waals surface area contributed by atoms with E-state index in [1.165, 1.54) is 25.7 Å². The second-order valence-electron chi connectivity index (χ2n) is 6.12. The summed E-state index contributed by atoms with van der Waals surface area (Å²) in [6.45, 7) is 1.64. The van der Waals surface area contributed by atoms with Crippen molar-refractivity contribution < 1.29 is 38.1 Å². The van der Waals surface area contributed by atoms with Crippen LogP contribution in [0.15, 0.2) is 60.9 Å². The molecule has 2 aromatic rings. The fourth-order valence-electron chi connectivity index (χ4n) is 2.69. The Morgan fingerprint density at radius 3 is 2.12 bits per heavy atom. The third-order valence-corrected chi connectivity index (χ3v) is 4.04. The minimum Gasteiger partial charge on any atom is -1.00 e. The van der Waals surface area contributed by atoms with Gasteiger partial charge in [0, 0.05) is 18.6 Å². The third-order valence-electron chi connectivity index (χ3n) is 4.04. The highest BCUT2D eigenvalue weighted by molar-refractivity contribution is 5.72. The fraction of sp³-hybridized carbons (Fsp3) is 0.429. The quantitative estimate of drug-likeness (QED) is 0.221. The number of nitrogens with zero attached hydrogens (tertiary/aromatic N) is 1. The van der Waals surface area contributed by atoms with Gasteiger partial charge in [0.05, 0.1) is 13.0 Å². The minimum absolute atomic E-state index is 0. The molecule has 0 saturated carbocycles. The highest BCUT2D eigenvalue weighted by atomic mass is 127. The molecule has 3 nitrogen and oxygen atoms in total. The lowest BCUT2D eigenvalue weighted by Gasteiger charge is -2.05. The van der Waals surface area contributed by atoms with Gasteiger partial charge in [-0.2, -0.15) is 0 Å². The molecule has 0 fully saturated rings. The normalized spacial score (nSPS) is 10.1. The molecule has 1 aromatic heterocycles. The number of hydrogen-bond donors (Lipinski definition) is 0. The van der Waals surface area contributed by atoms with E-state index in [1.54, 1.807) is 0 Å². The molecule has 0 N–H and O–H groups in total. The number of unbranched alkanes of at least 4 members (excludes halogenated alkanes) is 5. The van der Waals surface area contributed by atoms with Gasteiger partial charge in [-0.25, -0.2) is 4.57 Å². The van der Waals surface area contributed by atoms with Crippen LogP contribution in [-0.2, 0) is 22.5 Å². The van der Waals surface area contributed by atoms with Crippen molar-refractivity contribution in [2.24, 2.45) is 0 Å². The Labute approximate surface area is 168 Å². The van der Waals surface area contributed by atoms with Crippen molar-refractivity contribution in [2.75, 3.05) is 6.61 Å². The van der Waals surface area contributed by atoms with Crippen LogP contribution in [0.1, 0.15) is 44.1 Å². The van der Waals surface area contributed by atoms with Gasteiger partial charge in [0.25, 0.3) is 0 Å². The van der Waals surface area contributed by atoms with Crippen LogP contribution in [-0.4, -0.2) is 12.6 Å². The second kappa shape index (κ2) is 13.8. The van der Waals surface area contributed by atoms with E-state index >= 15 is 0 Å². The lowest BCUT2D eigenvalue weighted by molar-refractivity contribution is -0.697. The maximum absolute atomic E-state index is 11.7. The molecular formula is C21H28INO2. The zero-order valence-corrected chi connectivity index (χ0v) is 16.9. The molecule has 0 amide bonds. The average Bonchev–Trinajstić information content (AvgIpc) is 2.62. The number of aryl methyl sites for hydroxylation is 1. The smallest absolute Gasteiger partial charge is 0.310 e. The van der Waals surface area contributed by atoms with E-state index in [1.807, 2.05) is 36.4 Å². The maximum Gasteiger partial charge on any atom is 0.310 e. The van der Waals surface area contributed by atoms with E-state index in [4.69, 9.17) is 4.74 Å². The number of ether oxygens (including phenoxy) is 1. The Bertz CT molecular complexity index is 575. The molecule has 25 heavy (non-hydrogen) atoms. The van der Waals surface area contributed by atoms with Crippen LogP contribution in [0.4, 0.5) is 0 Å². The molecule has 0 spiro atoms. The lowest BCUT2D eigenvalue weighted by atomic mass is 10.1. The Morgan fingerprint density at radius 2 is 1.40 bits per heavy atom. The number of pyridine rings is 1. The summed E-state index contributed by atoms with van der Waals surface area (Å²) < 4.78 is 7.52. The van der Waals surface area contributed by atoms with E-state index in [9.17, 15) is 4.79 Å². The van der Waals surface area contributed by atoms with Gasteiger partial charge in [-0.15, -0.1) is 0 Å². The van der Waals surface area contributed by atoms with Gasteiger partial charge in [0.15, 0.2) is 12.4 Å². The first kappa shape index (κ1) is 21.6. The molecule has 0 aliphatic carbocycles. The summed E-state index contributed by atoms with van der Waals surface area (Å²) in [5.74, 6) is -0.124. The predicted molar refractivity (Wildman–Crippen MR) is 95.4 cm³/mol. The van der Waals surface area contributed by atoms with Crippen molar-refractivity contribution in [1.29, 1.82) is 0 Å². The molecule has 0 radical (unpaired) electrons. The van der Waals surface area contributed by atoms with Crippen molar-refractivity contribution >= 4 is 5.97 Å². The van der Waals surface area contributed by atoms with Crippen molar-refractivity contribution in [1.82, 2.24) is 0 Å². The largest absolute Gasteiger partial charge is 1.00 e. The number of halogens is 1. The van der Waals surface area contributed by atoms with Crippen LogP contribution in [0.5, 0.6) is 0 Å². The van der Waals surface area contributed by atoms with Crippen LogP contribution >= 0.6 is 0 Å². The number of carbonyl (C=O) groups is 1. The lowest BCUT2D eigenvalue weighted by Crippen LogP contribution is -3.00. The van der Waals surface area contributed by atoms with Gasteiger partial charge >= 0.3 is 5.97 Å². The number of esters is 1. The monoisotopic (exact) mass is 453 g/mol. The van der Waals surface area contributed by atoms with Crippen LogP contribution in [0.2, 0.25) is 0 Å². The van der Waals surface area contributed by atoms with Crippen molar-refractivity contribution in [3.63, 3.8) is 0 Å². The summed E-state index contributed by atoms with van der Waals surface area (Å²) in [5.41, 5.74) is 1.01. The Hall–Kier alpha value is -1.43. The van der Waals surface area contributed by atoms with E-state index in [-0.39, 0.29) is 29.9 Å². The zero-order chi connectivity index (χ0) is 16.9. The summed E-state index contributed by atoms with van der Waals surface area (Å²) in [7, 11) is 0. The Balaban J connectivity index is 0.00000312. The molecule has 0 aliphatic heterocycles. The number of carbonyl (C=O) groups excluding carboxylic acids is 1. The highest BCUT2D eigenvalue weighted by Gasteiger charge is 2.04. The molecular weight excluding hydrogens is 425 g/mol. The van der Waals surface area contributed by atoms with Gasteiger partial charge < -0.3 is 28.7 Å². The third kappa shape index (κ3) is 10.2. The van der Waals surface area contributed by atoms with E-state index in [2.05, 4.69) is 29.1 Å². The summed E-state index contributed by atoms with van der Waals surface area (Å²) in [6.07, 6.45) is 11.7. The van der Waals surface area contributed by atoms with Gasteiger partial charge in [-0.05, 0) is 18.4 Å². The molecule has 0 atom stereocenters. The fourth-order valence-corrected chi connectivity index (χ4v) is 2.69. The average molecular weight is 453 g/mol. The van der Waals surface area contributed by atoms with E-state index < -0.39 is 0 Å². The summed E-state index contributed by atoms with van der Waals surface area (Å²) >= 11 is 0. The molecule has 0 bridgehead atoms. The van der Waals surface area contributed by atoms with Crippen molar-refractivity contribution in [3.8, 4) is 0 Å². The predicted octanol–water partition coefficient (Wildman–Crippen LogP) is 1.10. The summed E-state index contributed by atoms with van der Waals surface area (Å²) in [5, 5.41) is 0. The Morgan fingerprint density at radius 1 is 0.800 bits per heavy atom. The number of rotatable bonds is 11. The number of benzene rings is 1. The van der Waals surface area contributed by atoms with Crippen molar-refractivity contribution in [3.05, 3.63) is 66.5 Å². The molecule has 136 valence electrons.